The van der Waals surface area contributed by atoms with Crippen LogP contribution in [0.1, 0.15) is 46.5 Å². The van der Waals surface area contributed by atoms with Gasteiger partial charge in [0.1, 0.15) is 11.0 Å². The number of benzene rings is 1. The van der Waals surface area contributed by atoms with Crippen LogP contribution in [0.3, 0.4) is 0 Å². The average molecular weight is 383 g/mol. The first-order valence-electron chi connectivity index (χ1n) is 9.34. The summed E-state index contributed by atoms with van der Waals surface area (Å²) in [6, 6.07) is 6.56. The third-order valence-electron chi connectivity index (χ3n) is 4.51. The number of hydrogen-bond donors (Lipinski definition) is 1. The molecule has 0 bridgehead atoms. The number of carbonyl (C=O) groups is 1. The van der Waals surface area contributed by atoms with Crippen LogP contribution in [0.5, 0.6) is 0 Å². The Morgan fingerprint density at radius 2 is 1.81 bits per heavy atom. The summed E-state index contributed by atoms with van der Waals surface area (Å²) in [6.45, 7) is 7.42. The van der Waals surface area contributed by atoms with Crippen LogP contribution in [0.15, 0.2) is 29.2 Å². The molecule has 6 nitrogen and oxygen atoms in total. The fourth-order valence-electron chi connectivity index (χ4n) is 2.83. The molecular weight excluding hydrogens is 352 g/mol. The molecule has 1 aromatic rings. The van der Waals surface area contributed by atoms with E-state index < -0.39 is 16.1 Å². The lowest BCUT2D eigenvalue weighted by Crippen LogP contribution is -2.36. The fraction of sp³-hybridized carbons (Fsp3) is 0.632. The van der Waals surface area contributed by atoms with Crippen molar-refractivity contribution in [2.75, 3.05) is 25.0 Å². The molecule has 1 atom stereocenters. The summed E-state index contributed by atoms with van der Waals surface area (Å²) < 4.78 is 33.0. The minimum atomic E-state index is -3.61. The average Bonchev–Trinajstić information content (AvgIpc) is 2.62. The fourth-order valence-corrected chi connectivity index (χ4v) is 4.49. The molecule has 0 saturated carbocycles. The maximum absolute atomic E-state index is 12.9. The molecule has 1 unspecified atom stereocenters. The van der Waals surface area contributed by atoms with Gasteiger partial charge >= 0.3 is 0 Å². The van der Waals surface area contributed by atoms with Crippen molar-refractivity contribution in [1.29, 1.82) is 0 Å². The van der Waals surface area contributed by atoms with E-state index in [9.17, 15) is 13.2 Å². The molecule has 1 fully saturated rings. The van der Waals surface area contributed by atoms with Crippen LogP contribution in [0.4, 0.5) is 5.69 Å². The Balaban J connectivity index is 2.09. The number of piperidine rings is 1. The molecule has 1 saturated heterocycles. The summed E-state index contributed by atoms with van der Waals surface area (Å²) >= 11 is 0. The van der Waals surface area contributed by atoms with Crippen molar-refractivity contribution >= 4 is 21.6 Å². The van der Waals surface area contributed by atoms with E-state index in [0.29, 0.717) is 31.3 Å². The van der Waals surface area contributed by atoms with Crippen LogP contribution >= 0.6 is 0 Å². The monoisotopic (exact) mass is 382 g/mol. The number of ether oxygens (including phenoxy) is 1. The van der Waals surface area contributed by atoms with E-state index in [1.807, 2.05) is 0 Å². The number of para-hydroxylation sites is 1. The predicted molar refractivity (Wildman–Crippen MR) is 103 cm³/mol. The first-order valence-corrected chi connectivity index (χ1v) is 10.8. The molecule has 1 aliphatic rings. The van der Waals surface area contributed by atoms with Crippen molar-refractivity contribution in [3.63, 3.8) is 0 Å². The molecule has 0 aromatic heterocycles. The standard InChI is InChI=1S/C19H30N2O4S/c1-15(2)11-14-25-16(3)19(22)20-17-9-5-6-10-18(17)26(23,24)21-12-7-4-8-13-21/h5-6,9-10,15-16H,4,7-8,11-14H2,1-3H3,(H,20,22). The first-order chi connectivity index (χ1) is 12.3. The van der Waals surface area contributed by atoms with Crippen LogP contribution < -0.4 is 5.32 Å². The van der Waals surface area contributed by atoms with Crippen molar-refractivity contribution in [1.82, 2.24) is 4.31 Å². The van der Waals surface area contributed by atoms with Gasteiger partial charge in [-0.3, -0.25) is 4.79 Å². The van der Waals surface area contributed by atoms with Gasteiger partial charge in [-0.1, -0.05) is 32.4 Å². The second kappa shape index (κ2) is 9.48. The van der Waals surface area contributed by atoms with Gasteiger partial charge in [-0.2, -0.15) is 4.31 Å². The molecule has 1 N–H and O–H groups in total. The van der Waals surface area contributed by atoms with E-state index in [-0.39, 0.29) is 10.8 Å². The lowest BCUT2D eigenvalue weighted by molar-refractivity contribution is -0.126. The van der Waals surface area contributed by atoms with Gasteiger partial charge in [0, 0.05) is 19.7 Å². The highest BCUT2D eigenvalue weighted by Gasteiger charge is 2.29. The van der Waals surface area contributed by atoms with E-state index in [0.717, 1.165) is 25.7 Å². The Bertz CT molecular complexity index is 697. The summed E-state index contributed by atoms with van der Waals surface area (Å²) in [5.41, 5.74) is 0.308. The second-order valence-electron chi connectivity index (χ2n) is 7.15. The quantitative estimate of drug-likeness (QED) is 0.749. The lowest BCUT2D eigenvalue weighted by atomic mass is 10.1. The van der Waals surface area contributed by atoms with Gasteiger partial charge in [0.15, 0.2) is 0 Å². The van der Waals surface area contributed by atoms with Gasteiger partial charge in [-0.05, 0) is 44.2 Å². The molecule has 1 aromatic carbocycles. The molecular formula is C19H30N2O4S. The Kier molecular flexibility index (Phi) is 7.61. The molecule has 1 aliphatic heterocycles. The molecule has 0 spiro atoms. The Labute approximate surface area is 157 Å². The summed E-state index contributed by atoms with van der Waals surface area (Å²) in [4.78, 5) is 12.5. The maximum Gasteiger partial charge on any atom is 0.253 e. The first kappa shape index (κ1) is 20.9. The number of hydrogen-bond acceptors (Lipinski definition) is 4. The summed E-state index contributed by atoms with van der Waals surface area (Å²) in [5, 5.41) is 2.72. The third-order valence-corrected chi connectivity index (χ3v) is 6.47. The van der Waals surface area contributed by atoms with Crippen molar-refractivity contribution in [2.24, 2.45) is 5.92 Å². The Morgan fingerprint density at radius 3 is 2.46 bits per heavy atom. The highest BCUT2D eigenvalue weighted by atomic mass is 32.2. The van der Waals surface area contributed by atoms with E-state index in [1.54, 1.807) is 31.2 Å². The molecule has 0 radical (unpaired) electrons. The SMILES string of the molecule is CC(C)CCOC(C)C(=O)Nc1ccccc1S(=O)(=O)N1CCCCC1. The number of carbonyl (C=O) groups excluding carboxylic acids is 1. The summed E-state index contributed by atoms with van der Waals surface area (Å²) in [5.74, 6) is 0.163. The molecule has 0 aliphatic carbocycles. The van der Waals surface area contributed by atoms with Crippen molar-refractivity contribution in [2.45, 2.75) is 57.5 Å². The summed E-state index contributed by atoms with van der Waals surface area (Å²) in [7, 11) is -3.61. The third kappa shape index (κ3) is 5.53. The van der Waals surface area contributed by atoms with E-state index in [1.165, 1.54) is 4.31 Å². The van der Waals surface area contributed by atoms with Gasteiger partial charge in [0.05, 0.1) is 5.69 Å². The van der Waals surface area contributed by atoms with Gasteiger partial charge < -0.3 is 10.1 Å². The number of nitrogens with zero attached hydrogens (tertiary/aromatic N) is 1. The van der Waals surface area contributed by atoms with Crippen LogP contribution in [0.2, 0.25) is 0 Å². The van der Waals surface area contributed by atoms with Gasteiger partial charge in [-0.15, -0.1) is 0 Å². The number of sulfonamides is 1. The maximum atomic E-state index is 12.9. The smallest absolute Gasteiger partial charge is 0.253 e. The molecule has 1 amide bonds. The zero-order valence-corrected chi connectivity index (χ0v) is 16.7. The second-order valence-corrected chi connectivity index (χ2v) is 9.05. The Hall–Kier alpha value is -1.44. The van der Waals surface area contributed by atoms with E-state index in [2.05, 4.69) is 19.2 Å². The minimum absolute atomic E-state index is 0.143. The van der Waals surface area contributed by atoms with Gasteiger partial charge in [-0.25, -0.2) is 8.42 Å². The highest BCUT2D eigenvalue weighted by Crippen LogP contribution is 2.27. The minimum Gasteiger partial charge on any atom is -0.369 e. The van der Waals surface area contributed by atoms with Crippen molar-refractivity contribution < 1.29 is 17.9 Å². The van der Waals surface area contributed by atoms with Crippen LogP contribution in [-0.4, -0.2) is 44.4 Å². The molecule has 2 rings (SSSR count). The van der Waals surface area contributed by atoms with E-state index >= 15 is 0 Å². The highest BCUT2D eigenvalue weighted by molar-refractivity contribution is 7.89. The summed E-state index contributed by atoms with van der Waals surface area (Å²) in [6.07, 6.45) is 3.02. The number of nitrogens with one attached hydrogen (secondary N) is 1. The normalized spacial score (nSPS) is 17.2. The number of rotatable bonds is 8. The van der Waals surface area contributed by atoms with Crippen molar-refractivity contribution in [3.8, 4) is 0 Å². The number of amides is 1. The molecule has 26 heavy (non-hydrogen) atoms. The zero-order chi connectivity index (χ0) is 19.2. The zero-order valence-electron chi connectivity index (χ0n) is 15.9. The van der Waals surface area contributed by atoms with Crippen molar-refractivity contribution in [3.05, 3.63) is 24.3 Å². The molecule has 7 heteroatoms. The topological polar surface area (TPSA) is 75.7 Å². The molecule has 146 valence electrons. The Morgan fingerprint density at radius 1 is 1.15 bits per heavy atom. The van der Waals surface area contributed by atoms with Crippen LogP contribution in [0, 0.1) is 5.92 Å². The van der Waals surface area contributed by atoms with Gasteiger partial charge in [0.25, 0.3) is 5.91 Å². The van der Waals surface area contributed by atoms with E-state index in [4.69, 9.17) is 4.74 Å². The predicted octanol–water partition coefficient (Wildman–Crippen LogP) is 3.25. The van der Waals surface area contributed by atoms with Gasteiger partial charge in [0.2, 0.25) is 10.0 Å². The van der Waals surface area contributed by atoms with Crippen LogP contribution in [-0.2, 0) is 19.6 Å². The van der Waals surface area contributed by atoms with Crippen LogP contribution in [0.25, 0.3) is 0 Å². The molecule has 1 heterocycles. The lowest BCUT2D eigenvalue weighted by Gasteiger charge is -2.27. The number of anilines is 1. The largest absolute Gasteiger partial charge is 0.369 e.